The first-order chi connectivity index (χ1) is 7.77. The second-order valence-corrected chi connectivity index (χ2v) is 3.81. The first-order valence-electron chi connectivity index (χ1n) is 5.36. The molecule has 4 heteroatoms. The fourth-order valence-corrected chi connectivity index (χ4v) is 1.82. The van der Waals surface area contributed by atoms with Gasteiger partial charge in [-0.3, -0.25) is 5.01 Å². The fourth-order valence-electron chi connectivity index (χ4n) is 1.82. The number of hydrogen-bond donors (Lipinski definition) is 1. The summed E-state index contributed by atoms with van der Waals surface area (Å²) in [5, 5.41) is 14.8. The highest BCUT2D eigenvalue weighted by molar-refractivity contribution is 5.79. The van der Waals surface area contributed by atoms with Crippen molar-refractivity contribution in [3.8, 4) is 0 Å². The van der Waals surface area contributed by atoms with Crippen molar-refractivity contribution in [3.05, 3.63) is 35.9 Å². The minimum absolute atomic E-state index is 0.458. The lowest BCUT2D eigenvalue weighted by atomic mass is 10.2. The summed E-state index contributed by atoms with van der Waals surface area (Å²) >= 11 is 0. The Hall–Kier alpha value is -1.84. The third-order valence-corrected chi connectivity index (χ3v) is 2.66. The Morgan fingerprint density at radius 1 is 1.44 bits per heavy atom. The zero-order valence-corrected chi connectivity index (χ0v) is 8.91. The van der Waals surface area contributed by atoms with Gasteiger partial charge in [-0.1, -0.05) is 30.3 Å². The van der Waals surface area contributed by atoms with E-state index in [2.05, 4.69) is 5.10 Å². The number of carbonyl (C=O) groups is 1. The van der Waals surface area contributed by atoms with E-state index < -0.39 is 12.0 Å². The summed E-state index contributed by atoms with van der Waals surface area (Å²) in [4.78, 5) is 10.9. The normalized spacial score (nSPS) is 20.5. The van der Waals surface area contributed by atoms with Crippen LogP contribution in [0.15, 0.2) is 35.4 Å². The second kappa shape index (κ2) is 4.79. The van der Waals surface area contributed by atoms with E-state index in [1.807, 2.05) is 30.3 Å². The van der Waals surface area contributed by atoms with E-state index in [1.54, 1.807) is 11.2 Å². The van der Waals surface area contributed by atoms with Crippen LogP contribution < -0.4 is 0 Å². The van der Waals surface area contributed by atoms with Gasteiger partial charge in [-0.25, -0.2) is 4.79 Å². The van der Waals surface area contributed by atoms with E-state index in [-0.39, 0.29) is 0 Å². The van der Waals surface area contributed by atoms with Crippen molar-refractivity contribution in [1.82, 2.24) is 5.01 Å². The lowest BCUT2D eigenvalue weighted by molar-refractivity contribution is -0.142. The quantitative estimate of drug-likeness (QED) is 0.783. The molecule has 0 bridgehead atoms. The van der Waals surface area contributed by atoms with Crippen molar-refractivity contribution in [2.24, 2.45) is 5.10 Å². The van der Waals surface area contributed by atoms with Gasteiger partial charge in [0.15, 0.2) is 0 Å². The first-order valence-corrected chi connectivity index (χ1v) is 5.36. The molecule has 0 aliphatic carbocycles. The second-order valence-electron chi connectivity index (χ2n) is 3.81. The average molecular weight is 218 g/mol. The maximum atomic E-state index is 10.9. The molecule has 1 fully saturated rings. The Morgan fingerprint density at radius 3 is 2.88 bits per heavy atom. The van der Waals surface area contributed by atoms with Gasteiger partial charge in [0.25, 0.3) is 0 Å². The van der Waals surface area contributed by atoms with Crippen molar-refractivity contribution in [3.63, 3.8) is 0 Å². The Morgan fingerprint density at radius 2 is 2.19 bits per heavy atom. The molecule has 84 valence electrons. The van der Waals surface area contributed by atoms with Crippen LogP contribution in [0.3, 0.4) is 0 Å². The smallest absolute Gasteiger partial charge is 0.328 e. The van der Waals surface area contributed by atoms with Crippen LogP contribution in [0.25, 0.3) is 0 Å². The van der Waals surface area contributed by atoms with Gasteiger partial charge in [0.1, 0.15) is 6.04 Å². The minimum Gasteiger partial charge on any atom is -0.480 e. The number of carboxylic acid groups (broad SMARTS) is 1. The van der Waals surface area contributed by atoms with Gasteiger partial charge in [0.05, 0.1) is 6.21 Å². The molecule has 16 heavy (non-hydrogen) atoms. The van der Waals surface area contributed by atoms with Crippen molar-refractivity contribution in [1.29, 1.82) is 0 Å². The van der Waals surface area contributed by atoms with Gasteiger partial charge in [-0.2, -0.15) is 5.10 Å². The molecule has 1 atom stereocenters. The molecule has 2 rings (SSSR count). The maximum absolute atomic E-state index is 10.9. The Balaban J connectivity index is 2.04. The number of aliphatic carboxylic acids is 1. The fraction of sp³-hybridized carbons (Fsp3) is 0.333. The Labute approximate surface area is 94.2 Å². The van der Waals surface area contributed by atoms with Gasteiger partial charge in [0, 0.05) is 6.54 Å². The van der Waals surface area contributed by atoms with Gasteiger partial charge < -0.3 is 5.11 Å². The number of carboxylic acids is 1. The lowest BCUT2D eigenvalue weighted by Crippen LogP contribution is -2.31. The summed E-state index contributed by atoms with van der Waals surface area (Å²) in [5.74, 6) is -0.789. The van der Waals surface area contributed by atoms with Crippen LogP contribution in [0.5, 0.6) is 0 Å². The third-order valence-electron chi connectivity index (χ3n) is 2.66. The van der Waals surface area contributed by atoms with E-state index in [0.717, 1.165) is 18.5 Å². The number of nitrogens with zero attached hydrogens (tertiary/aromatic N) is 2. The molecular formula is C12H14N2O2. The maximum Gasteiger partial charge on any atom is 0.328 e. The Bertz CT molecular complexity index is 389. The average Bonchev–Trinajstić information content (AvgIpc) is 2.76. The number of hydrogen-bond acceptors (Lipinski definition) is 3. The van der Waals surface area contributed by atoms with Crippen LogP contribution in [0, 0.1) is 0 Å². The van der Waals surface area contributed by atoms with E-state index in [0.29, 0.717) is 6.42 Å². The topological polar surface area (TPSA) is 52.9 Å². The molecule has 1 aromatic rings. The van der Waals surface area contributed by atoms with Crippen LogP contribution in [0.1, 0.15) is 18.4 Å². The molecule has 1 N–H and O–H groups in total. The summed E-state index contributed by atoms with van der Waals surface area (Å²) in [6.45, 7) is 0.723. The van der Waals surface area contributed by atoms with Crippen LogP contribution >= 0.6 is 0 Å². The first kappa shape index (κ1) is 10.7. The summed E-state index contributed by atoms with van der Waals surface area (Å²) in [6, 6.07) is 9.22. The molecule has 1 aliphatic rings. The van der Waals surface area contributed by atoms with E-state index >= 15 is 0 Å². The highest BCUT2D eigenvalue weighted by Crippen LogP contribution is 2.17. The van der Waals surface area contributed by atoms with E-state index in [1.165, 1.54) is 0 Å². The SMILES string of the molecule is O=C(O)[C@H]1CCCN1/N=C/c1ccccc1. The van der Waals surface area contributed by atoms with Gasteiger partial charge in [-0.15, -0.1) is 0 Å². The van der Waals surface area contributed by atoms with Crippen LogP contribution in [-0.4, -0.2) is 34.9 Å². The molecule has 4 nitrogen and oxygen atoms in total. The van der Waals surface area contributed by atoms with Crippen LogP contribution in [-0.2, 0) is 4.79 Å². The summed E-state index contributed by atoms with van der Waals surface area (Å²) in [6.07, 6.45) is 3.28. The molecule has 0 radical (unpaired) electrons. The van der Waals surface area contributed by atoms with Crippen molar-refractivity contribution < 1.29 is 9.90 Å². The molecule has 1 aliphatic heterocycles. The Kier molecular flexibility index (Phi) is 3.19. The molecule has 1 heterocycles. The largest absolute Gasteiger partial charge is 0.480 e. The van der Waals surface area contributed by atoms with Crippen LogP contribution in [0.2, 0.25) is 0 Å². The molecule has 0 aromatic heterocycles. The zero-order chi connectivity index (χ0) is 11.4. The molecular weight excluding hydrogens is 204 g/mol. The minimum atomic E-state index is -0.789. The third kappa shape index (κ3) is 2.39. The zero-order valence-electron chi connectivity index (χ0n) is 8.91. The molecule has 0 unspecified atom stereocenters. The van der Waals surface area contributed by atoms with Gasteiger partial charge in [0.2, 0.25) is 0 Å². The predicted octanol–water partition coefficient (Wildman–Crippen LogP) is 1.57. The van der Waals surface area contributed by atoms with E-state index in [9.17, 15) is 4.79 Å². The highest BCUT2D eigenvalue weighted by Gasteiger charge is 2.29. The van der Waals surface area contributed by atoms with Gasteiger partial charge in [-0.05, 0) is 18.4 Å². The monoisotopic (exact) mass is 218 g/mol. The number of benzene rings is 1. The molecule has 1 aromatic carbocycles. The highest BCUT2D eigenvalue weighted by atomic mass is 16.4. The molecule has 0 amide bonds. The van der Waals surface area contributed by atoms with Gasteiger partial charge >= 0.3 is 5.97 Å². The molecule has 1 saturated heterocycles. The van der Waals surface area contributed by atoms with Crippen molar-refractivity contribution in [2.45, 2.75) is 18.9 Å². The van der Waals surface area contributed by atoms with Crippen molar-refractivity contribution >= 4 is 12.2 Å². The van der Waals surface area contributed by atoms with Crippen molar-refractivity contribution in [2.75, 3.05) is 6.54 Å². The number of hydrazone groups is 1. The standard InChI is InChI=1S/C12H14N2O2/c15-12(16)11-7-4-8-14(11)13-9-10-5-2-1-3-6-10/h1-3,5-6,9,11H,4,7-8H2,(H,15,16)/b13-9+/t11-/m1/s1. The summed E-state index contributed by atoms with van der Waals surface area (Å²) < 4.78 is 0. The number of rotatable bonds is 3. The molecule has 0 saturated carbocycles. The van der Waals surface area contributed by atoms with Crippen LogP contribution in [0.4, 0.5) is 0 Å². The predicted molar refractivity (Wildman–Crippen MR) is 61.4 cm³/mol. The molecule has 0 spiro atoms. The van der Waals surface area contributed by atoms with E-state index in [4.69, 9.17) is 5.11 Å². The summed E-state index contributed by atoms with van der Waals surface area (Å²) in [7, 11) is 0. The summed E-state index contributed by atoms with van der Waals surface area (Å²) in [5.41, 5.74) is 0.985. The lowest BCUT2D eigenvalue weighted by Gasteiger charge is -2.16.